The Morgan fingerprint density at radius 3 is 2.80 bits per heavy atom. The Morgan fingerprint density at radius 2 is 2.20 bits per heavy atom. The van der Waals surface area contributed by atoms with Crippen molar-refractivity contribution in [3.05, 3.63) is 35.4 Å². The van der Waals surface area contributed by atoms with E-state index in [0.717, 1.165) is 16.9 Å². The molecule has 1 aromatic carbocycles. The Morgan fingerprint density at radius 1 is 1.47 bits per heavy atom. The summed E-state index contributed by atoms with van der Waals surface area (Å²) in [7, 11) is 1.67. The average molecular weight is 204 g/mol. The van der Waals surface area contributed by atoms with Crippen LogP contribution in [0.25, 0.3) is 6.08 Å². The molecule has 0 saturated heterocycles. The molecule has 1 saturated carbocycles. The maximum Gasteiger partial charge on any atom is 0.126 e. The zero-order valence-corrected chi connectivity index (χ0v) is 8.94. The molecule has 0 unspecified atom stereocenters. The predicted molar refractivity (Wildman–Crippen MR) is 60.8 cm³/mol. The Bertz CT molecular complexity index is 365. The second-order valence-electron chi connectivity index (χ2n) is 3.89. The SMILES string of the molecule is COc1ccccc1/C=C(\CO)C1CC1. The van der Waals surface area contributed by atoms with Gasteiger partial charge in [0.05, 0.1) is 13.7 Å². The Hall–Kier alpha value is -1.28. The van der Waals surface area contributed by atoms with Gasteiger partial charge in [0.25, 0.3) is 0 Å². The first-order valence-corrected chi connectivity index (χ1v) is 5.29. The number of hydrogen-bond acceptors (Lipinski definition) is 2. The van der Waals surface area contributed by atoms with Crippen LogP contribution in [0.1, 0.15) is 18.4 Å². The van der Waals surface area contributed by atoms with E-state index >= 15 is 0 Å². The number of para-hydroxylation sites is 1. The molecule has 15 heavy (non-hydrogen) atoms. The lowest BCUT2D eigenvalue weighted by Gasteiger charge is -2.06. The summed E-state index contributed by atoms with van der Waals surface area (Å²) in [5.74, 6) is 1.46. The molecule has 1 aliphatic rings. The monoisotopic (exact) mass is 204 g/mol. The van der Waals surface area contributed by atoms with Gasteiger partial charge in [-0.25, -0.2) is 0 Å². The number of aliphatic hydroxyl groups is 1. The lowest BCUT2D eigenvalue weighted by atomic mass is 10.1. The van der Waals surface area contributed by atoms with Crippen LogP contribution in [0.3, 0.4) is 0 Å². The zero-order chi connectivity index (χ0) is 10.7. The molecule has 0 aromatic heterocycles. The summed E-state index contributed by atoms with van der Waals surface area (Å²) in [5, 5.41) is 9.25. The summed E-state index contributed by atoms with van der Waals surface area (Å²) in [4.78, 5) is 0. The van der Waals surface area contributed by atoms with Gasteiger partial charge in [0, 0.05) is 5.56 Å². The first-order valence-electron chi connectivity index (χ1n) is 5.29. The van der Waals surface area contributed by atoms with Gasteiger partial charge in [0.15, 0.2) is 0 Å². The van der Waals surface area contributed by atoms with E-state index in [9.17, 15) is 5.11 Å². The second kappa shape index (κ2) is 4.49. The number of methoxy groups -OCH3 is 1. The molecule has 1 N–H and O–H groups in total. The molecule has 2 nitrogen and oxygen atoms in total. The molecular formula is C13H16O2. The fourth-order valence-electron chi connectivity index (χ4n) is 1.73. The minimum absolute atomic E-state index is 0.155. The summed E-state index contributed by atoms with van der Waals surface area (Å²) in [5.41, 5.74) is 2.18. The third-order valence-electron chi connectivity index (χ3n) is 2.76. The summed E-state index contributed by atoms with van der Waals surface area (Å²) >= 11 is 0. The molecular weight excluding hydrogens is 188 g/mol. The molecule has 0 atom stereocenters. The number of aliphatic hydroxyl groups excluding tert-OH is 1. The minimum atomic E-state index is 0.155. The van der Waals surface area contributed by atoms with Gasteiger partial charge < -0.3 is 9.84 Å². The van der Waals surface area contributed by atoms with Gasteiger partial charge in [0.1, 0.15) is 5.75 Å². The maximum atomic E-state index is 9.25. The average Bonchev–Trinajstić information content (AvgIpc) is 3.10. The van der Waals surface area contributed by atoms with Crippen molar-refractivity contribution in [3.8, 4) is 5.75 Å². The maximum absolute atomic E-state index is 9.25. The van der Waals surface area contributed by atoms with Crippen molar-refractivity contribution < 1.29 is 9.84 Å². The molecule has 1 aliphatic carbocycles. The first-order chi connectivity index (χ1) is 7.35. The summed E-state index contributed by atoms with van der Waals surface area (Å²) in [6.45, 7) is 0.155. The van der Waals surface area contributed by atoms with E-state index in [1.165, 1.54) is 12.8 Å². The van der Waals surface area contributed by atoms with Crippen LogP contribution < -0.4 is 4.74 Å². The molecule has 1 aromatic rings. The minimum Gasteiger partial charge on any atom is -0.496 e. The summed E-state index contributed by atoms with van der Waals surface area (Å²) in [6.07, 6.45) is 4.47. The van der Waals surface area contributed by atoms with Crippen molar-refractivity contribution in [1.29, 1.82) is 0 Å². The van der Waals surface area contributed by atoms with Crippen molar-refractivity contribution in [3.63, 3.8) is 0 Å². The lowest BCUT2D eigenvalue weighted by molar-refractivity contribution is 0.326. The van der Waals surface area contributed by atoms with Gasteiger partial charge in [0.2, 0.25) is 0 Å². The van der Waals surface area contributed by atoms with Gasteiger partial charge in [-0.2, -0.15) is 0 Å². The third kappa shape index (κ3) is 2.39. The van der Waals surface area contributed by atoms with Gasteiger partial charge in [-0.05, 0) is 36.5 Å². The number of ether oxygens (including phenoxy) is 1. The number of rotatable bonds is 4. The molecule has 0 radical (unpaired) electrons. The van der Waals surface area contributed by atoms with Gasteiger partial charge in [-0.3, -0.25) is 0 Å². The van der Waals surface area contributed by atoms with E-state index in [1.54, 1.807) is 7.11 Å². The molecule has 0 bridgehead atoms. The normalized spacial score (nSPS) is 16.5. The Labute approximate surface area is 90.2 Å². The van der Waals surface area contributed by atoms with E-state index in [-0.39, 0.29) is 6.61 Å². The zero-order valence-electron chi connectivity index (χ0n) is 8.94. The van der Waals surface area contributed by atoms with Crippen LogP contribution >= 0.6 is 0 Å². The highest BCUT2D eigenvalue weighted by Crippen LogP contribution is 2.37. The largest absolute Gasteiger partial charge is 0.496 e. The molecule has 2 rings (SSSR count). The number of benzene rings is 1. The fourth-order valence-corrected chi connectivity index (χ4v) is 1.73. The Balaban J connectivity index is 2.27. The van der Waals surface area contributed by atoms with E-state index in [4.69, 9.17) is 4.74 Å². The molecule has 0 heterocycles. The molecule has 80 valence electrons. The van der Waals surface area contributed by atoms with Crippen LogP contribution in [-0.4, -0.2) is 18.8 Å². The predicted octanol–water partition coefficient (Wildman–Crippen LogP) is 2.48. The summed E-state index contributed by atoms with van der Waals surface area (Å²) < 4.78 is 5.26. The molecule has 1 fully saturated rings. The smallest absolute Gasteiger partial charge is 0.126 e. The van der Waals surface area contributed by atoms with Crippen LogP contribution in [0.4, 0.5) is 0 Å². The fraction of sp³-hybridized carbons (Fsp3) is 0.385. The molecule has 0 aliphatic heterocycles. The summed E-state index contributed by atoms with van der Waals surface area (Å²) in [6, 6.07) is 7.88. The van der Waals surface area contributed by atoms with Crippen LogP contribution in [0.5, 0.6) is 5.75 Å². The lowest BCUT2D eigenvalue weighted by Crippen LogP contribution is -1.93. The standard InChI is InChI=1S/C13H16O2/c1-15-13-5-3-2-4-11(13)8-12(9-14)10-6-7-10/h2-5,8,10,14H,6-7,9H2,1H3/b12-8+. The third-order valence-corrected chi connectivity index (χ3v) is 2.76. The molecule has 0 spiro atoms. The highest BCUT2D eigenvalue weighted by atomic mass is 16.5. The van der Waals surface area contributed by atoms with Gasteiger partial charge >= 0.3 is 0 Å². The second-order valence-corrected chi connectivity index (χ2v) is 3.89. The first kappa shape index (κ1) is 10.2. The van der Waals surface area contributed by atoms with E-state index < -0.39 is 0 Å². The van der Waals surface area contributed by atoms with Crippen molar-refractivity contribution in [2.75, 3.05) is 13.7 Å². The topological polar surface area (TPSA) is 29.5 Å². The highest BCUT2D eigenvalue weighted by Gasteiger charge is 2.25. The van der Waals surface area contributed by atoms with Crippen LogP contribution in [0.2, 0.25) is 0 Å². The van der Waals surface area contributed by atoms with E-state index in [0.29, 0.717) is 5.92 Å². The van der Waals surface area contributed by atoms with E-state index in [1.807, 2.05) is 24.3 Å². The van der Waals surface area contributed by atoms with Gasteiger partial charge in [-0.15, -0.1) is 0 Å². The van der Waals surface area contributed by atoms with Crippen molar-refractivity contribution in [2.24, 2.45) is 5.92 Å². The van der Waals surface area contributed by atoms with Crippen molar-refractivity contribution >= 4 is 6.08 Å². The quantitative estimate of drug-likeness (QED) is 0.816. The molecule has 2 heteroatoms. The van der Waals surface area contributed by atoms with Crippen molar-refractivity contribution in [1.82, 2.24) is 0 Å². The van der Waals surface area contributed by atoms with Crippen molar-refractivity contribution in [2.45, 2.75) is 12.8 Å². The van der Waals surface area contributed by atoms with Gasteiger partial charge in [-0.1, -0.05) is 18.2 Å². The molecule has 0 amide bonds. The van der Waals surface area contributed by atoms with E-state index in [2.05, 4.69) is 6.08 Å². The van der Waals surface area contributed by atoms with Crippen LogP contribution in [-0.2, 0) is 0 Å². The number of hydrogen-bond donors (Lipinski definition) is 1. The van der Waals surface area contributed by atoms with Crippen LogP contribution in [0.15, 0.2) is 29.8 Å². The Kier molecular flexibility index (Phi) is 3.07. The highest BCUT2D eigenvalue weighted by molar-refractivity contribution is 5.60. The van der Waals surface area contributed by atoms with Crippen LogP contribution in [0, 0.1) is 5.92 Å².